The first-order valence-corrected chi connectivity index (χ1v) is 7.98. The molecule has 0 spiro atoms. The van der Waals surface area contributed by atoms with Crippen LogP contribution in [0.1, 0.15) is 20.8 Å². The molecule has 0 saturated carbocycles. The SMILES string of the molecule is CCNc1ncc(S(=O)(=O)N(C)CC(C)(C)O)cc1Cl. The highest BCUT2D eigenvalue weighted by molar-refractivity contribution is 7.89. The van der Waals surface area contributed by atoms with E-state index in [1.54, 1.807) is 13.8 Å². The smallest absolute Gasteiger partial charge is 0.244 e. The monoisotopic (exact) mass is 321 g/mol. The van der Waals surface area contributed by atoms with Crippen molar-refractivity contribution >= 4 is 27.4 Å². The van der Waals surface area contributed by atoms with Gasteiger partial charge in [-0.25, -0.2) is 13.4 Å². The highest BCUT2D eigenvalue weighted by atomic mass is 35.5. The van der Waals surface area contributed by atoms with Crippen LogP contribution in [0.5, 0.6) is 0 Å². The molecule has 0 aromatic carbocycles. The zero-order valence-electron chi connectivity index (χ0n) is 12.0. The van der Waals surface area contributed by atoms with E-state index in [-0.39, 0.29) is 16.5 Å². The molecule has 20 heavy (non-hydrogen) atoms. The van der Waals surface area contributed by atoms with Gasteiger partial charge in [0, 0.05) is 26.3 Å². The summed E-state index contributed by atoms with van der Waals surface area (Å²) in [7, 11) is -2.33. The van der Waals surface area contributed by atoms with E-state index >= 15 is 0 Å². The van der Waals surface area contributed by atoms with Crippen LogP contribution < -0.4 is 5.32 Å². The first-order valence-electron chi connectivity index (χ1n) is 6.16. The van der Waals surface area contributed by atoms with Gasteiger partial charge in [0.15, 0.2) is 0 Å². The maximum atomic E-state index is 12.3. The van der Waals surface area contributed by atoms with Crippen molar-refractivity contribution in [3.8, 4) is 0 Å². The number of rotatable bonds is 6. The summed E-state index contributed by atoms with van der Waals surface area (Å²) in [5.41, 5.74) is -1.12. The summed E-state index contributed by atoms with van der Waals surface area (Å²) in [4.78, 5) is 4.00. The molecule has 0 fully saturated rings. The molecule has 2 N–H and O–H groups in total. The molecule has 0 unspecified atom stereocenters. The lowest BCUT2D eigenvalue weighted by Gasteiger charge is -2.25. The third-order valence-corrected chi connectivity index (χ3v) is 4.53. The number of sulfonamides is 1. The zero-order chi connectivity index (χ0) is 15.6. The minimum absolute atomic E-state index is 0.00379. The second kappa shape index (κ2) is 6.26. The first kappa shape index (κ1) is 17.2. The van der Waals surface area contributed by atoms with Crippen molar-refractivity contribution in [3.05, 3.63) is 17.3 Å². The van der Waals surface area contributed by atoms with Crippen LogP contribution in [0.15, 0.2) is 17.2 Å². The van der Waals surface area contributed by atoms with Crippen LogP contribution in [-0.2, 0) is 10.0 Å². The fourth-order valence-electron chi connectivity index (χ4n) is 1.67. The quantitative estimate of drug-likeness (QED) is 0.831. The van der Waals surface area contributed by atoms with Crippen molar-refractivity contribution in [2.45, 2.75) is 31.3 Å². The van der Waals surface area contributed by atoms with E-state index in [4.69, 9.17) is 11.6 Å². The van der Waals surface area contributed by atoms with Gasteiger partial charge in [0.1, 0.15) is 10.7 Å². The van der Waals surface area contributed by atoms with Gasteiger partial charge in [0.25, 0.3) is 0 Å². The Morgan fingerprint density at radius 1 is 1.50 bits per heavy atom. The third-order valence-electron chi connectivity index (χ3n) is 2.48. The van der Waals surface area contributed by atoms with Crippen molar-refractivity contribution in [3.63, 3.8) is 0 Å². The molecule has 0 bridgehead atoms. The van der Waals surface area contributed by atoms with E-state index in [2.05, 4.69) is 10.3 Å². The molecule has 1 aromatic heterocycles. The third kappa shape index (κ3) is 4.31. The van der Waals surface area contributed by atoms with E-state index in [9.17, 15) is 13.5 Å². The molecular formula is C12H20ClN3O3S. The maximum Gasteiger partial charge on any atom is 0.244 e. The Morgan fingerprint density at radius 2 is 2.10 bits per heavy atom. The highest BCUT2D eigenvalue weighted by Gasteiger charge is 2.27. The first-order chi connectivity index (χ1) is 9.08. The van der Waals surface area contributed by atoms with E-state index in [0.717, 1.165) is 4.31 Å². The van der Waals surface area contributed by atoms with Gasteiger partial charge in [-0.1, -0.05) is 11.6 Å². The Balaban J connectivity index is 3.07. The number of aromatic nitrogens is 1. The summed E-state index contributed by atoms with van der Waals surface area (Å²) in [6.45, 7) is 5.58. The summed E-state index contributed by atoms with van der Waals surface area (Å²) < 4.78 is 25.7. The van der Waals surface area contributed by atoms with Gasteiger partial charge in [-0.3, -0.25) is 0 Å². The molecular weight excluding hydrogens is 302 g/mol. The van der Waals surface area contributed by atoms with Gasteiger partial charge in [-0.05, 0) is 26.8 Å². The Hall–Kier alpha value is -0.890. The van der Waals surface area contributed by atoms with Crippen LogP contribution in [0.2, 0.25) is 5.02 Å². The molecule has 114 valence electrons. The second-order valence-corrected chi connectivity index (χ2v) is 7.56. The van der Waals surface area contributed by atoms with Gasteiger partial charge < -0.3 is 10.4 Å². The average Bonchev–Trinajstić information content (AvgIpc) is 2.29. The molecule has 0 atom stereocenters. The zero-order valence-corrected chi connectivity index (χ0v) is 13.6. The lowest BCUT2D eigenvalue weighted by Crippen LogP contribution is -2.39. The van der Waals surface area contributed by atoms with E-state index in [1.165, 1.54) is 19.3 Å². The number of hydrogen-bond donors (Lipinski definition) is 2. The molecule has 8 heteroatoms. The second-order valence-electron chi connectivity index (χ2n) is 5.11. The molecule has 0 amide bonds. The standard InChI is InChI=1S/C12H20ClN3O3S/c1-5-14-11-10(13)6-9(7-15-11)20(18,19)16(4)8-12(2,3)17/h6-7,17H,5,8H2,1-4H3,(H,14,15). The van der Waals surface area contributed by atoms with E-state index in [1.807, 2.05) is 6.92 Å². The molecule has 1 heterocycles. The van der Waals surface area contributed by atoms with Crippen LogP contribution >= 0.6 is 11.6 Å². The lowest BCUT2D eigenvalue weighted by molar-refractivity contribution is 0.0640. The van der Waals surface area contributed by atoms with Crippen LogP contribution in [0.25, 0.3) is 0 Å². The topological polar surface area (TPSA) is 82.5 Å². The molecule has 0 aliphatic heterocycles. The van der Waals surface area contributed by atoms with Crippen molar-refractivity contribution in [1.82, 2.24) is 9.29 Å². The van der Waals surface area contributed by atoms with Crippen LogP contribution in [0, 0.1) is 0 Å². The predicted molar refractivity (Wildman–Crippen MR) is 79.5 cm³/mol. The van der Waals surface area contributed by atoms with Crippen LogP contribution in [0.3, 0.4) is 0 Å². The molecule has 0 radical (unpaired) electrons. The minimum Gasteiger partial charge on any atom is -0.389 e. The number of nitrogens with zero attached hydrogens (tertiary/aromatic N) is 2. The summed E-state index contributed by atoms with van der Waals surface area (Å²) in [6.07, 6.45) is 1.25. The normalized spacial score (nSPS) is 12.8. The van der Waals surface area contributed by atoms with E-state index < -0.39 is 15.6 Å². The number of pyridine rings is 1. The Kier molecular flexibility index (Phi) is 5.37. The molecule has 1 aromatic rings. The van der Waals surface area contributed by atoms with Gasteiger partial charge in [0.2, 0.25) is 10.0 Å². The largest absolute Gasteiger partial charge is 0.389 e. The number of likely N-dealkylation sites (N-methyl/N-ethyl adjacent to an activating group) is 1. The summed E-state index contributed by atoms with van der Waals surface area (Å²) >= 11 is 5.99. The molecule has 0 aliphatic rings. The van der Waals surface area contributed by atoms with Crippen molar-refractivity contribution in [2.24, 2.45) is 0 Å². The fourth-order valence-corrected chi connectivity index (χ4v) is 3.27. The summed E-state index contributed by atoms with van der Waals surface area (Å²) in [5.74, 6) is 0.443. The molecule has 0 aliphatic carbocycles. The number of aliphatic hydroxyl groups is 1. The van der Waals surface area contributed by atoms with Crippen LogP contribution in [0.4, 0.5) is 5.82 Å². The van der Waals surface area contributed by atoms with Gasteiger partial charge in [-0.2, -0.15) is 4.31 Å². The maximum absolute atomic E-state index is 12.3. The van der Waals surface area contributed by atoms with Crippen molar-refractivity contribution in [1.29, 1.82) is 0 Å². The Labute approximate surface area is 124 Å². The molecule has 6 nitrogen and oxygen atoms in total. The lowest BCUT2D eigenvalue weighted by atomic mass is 10.1. The summed E-state index contributed by atoms with van der Waals surface area (Å²) in [5, 5.41) is 12.9. The Morgan fingerprint density at radius 3 is 2.55 bits per heavy atom. The predicted octanol–water partition coefficient (Wildman–Crippen LogP) is 1.56. The van der Waals surface area contributed by atoms with Gasteiger partial charge in [0.05, 0.1) is 10.6 Å². The number of hydrogen-bond acceptors (Lipinski definition) is 5. The van der Waals surface area contributed by atoms with Gasteiger partial charge >= 0.3 is 0 Å². The number of nitrogens with one attached hydrogen (secondary N) is 1. The van der Waals surface area contributed by atoms with Crippen molar-refractivity contribution < 1.29 is 13.5 Å². The van der Waals surface area contributed by atoms with E-state index in [0.29, 0.717) is 12.4 Å². The fraction of sp³-hybridized carbons (Fsp3) is 0.583. The highest BCUT2D eigenvalue weighted by Crippen LogP contribution is 2.24. The molecule has 0 saturated heterocycles. The minimum atomic E-state index is -3.73. The van der Waals surface area contributed by atoms with Gasteiger partial charge in [-0.15, -0.1) is 0 Å². The molecule has 1 rings (SSSR count). The average molecular weight is 322 g/mol. The number of anilines is 1. The Bertz CT molecular complexity index is 570. The van der Waals surface area contributed by atoms with Crippen molar-refractivity contribution in [2.75, 3.05) is 25.5 Å². The summed E-state index contributed by atoms with van der Waals surface area (Å²) in [6, 6.07) is 1.35. The number of halogens is 1. The van der Waals surface area contributed by atoms with Crippen LogP contribution in [-0.4, -0.2) is 48.6 Å².